The molecule has 0 aliphatic carbocycles. The Morgan fingerprint density at radius 1 is 1.33 bits per heavy atom. The molecule has 68 valence electrons. The van der Waals surface area contributed by atoms with Crippen LogP contribution in [0.2, 0.25) is 0 Å². The van der Waals surface area contributed by atoms with Crippen LogP contribution >= 0.6 is 0 Å². The fraction of sp³-hybridized carbons (Fsp3) is 0.455. The van der Waals surface area contributed by atoms with Gasteiger partial charge in [-0.2, -0.15) is 0 Å². The lowest BCUT2D eigenvalue weighted by atomic mass is 9.83. The molecule has 1 nitrogen and oxygen atoms in total. The van der Waals surface area contributed by atoms with Crippen molar-refractivity contribution >= 4 is 0 Å². The number of allylic oxidation sites excluding steroid dienone is 3. The third-order valence-corrected chi connectivity index (χ3v) is 1.69. The number of rotatable bonds is 3. The van der Waals surface area contributed by atoms with Crippen molar-refractivity contribution in [1.29, 1.82) is 0 Å². The molecule has 0 aromatic rings. The second-order valence-electron chi connectivity index (χ2n) is 3.83. The molecule has 0 heterocycles. The van der Waals surface area contributed by atoms with Crippen LogP contribution in [0.15, 0.2) is 36.6 Å². The third kappa shape index (κ3) is 2.95. The summed E-state index contributed by atoms with van der Waals surface area (Å²) in [6, 6.07) is 0. The Hall–Kier alpha value is -0.980. The molecule has 1 heteroatoms. The summed E-state index contributed by atoms with van der Waals surface area (Å²) < 4.78 is 0. The third-order valence-electron chi connectivity index (χ3n) is 1.69. The van der Waals surface area contributed by atoms with Gasteiger partial charge in [0.05, 0.1) is 0 Å². The molecule has 0 aliphatic heterocycles. The zero-order valence-corrected chi connectivity index (χ0v) is 8.57. The molecule has 0 aromatic heterocycles. The summed E-state index contributed by atoms with van der Waals surface area (Å²) >= 11 is 0. The average Bonchev–Trinajstić information content (AvgIpc) is 1.96. The van der Waals surface area contributed by atoms with E-state index in [9.17, 15) is 0 Å². The number of nitrogens with one attached hydrogen (secondary N) is 1. The Morgan fingerprint density at radius 2 is 1.83 bits per heavy atom. The van der Waals surface area contributed by atoms with Gasteiger partial charge < -0.3 is 5.32 Å². The van der Waals surface area contributed by atoms with Crippen LogP contribution in [0.25, 0.3) is 0 Å². The topological polar surface area (TPSA) is 12.0 Å². The molecule has 12 heavy (non-hydrogen) atoms. The van der Waals surface area contributed by atoms with Crippen molar-refractivity contribution in [3.8, 4) is 0 Å². The zero-order chi connectivity index (χ0) is 9.78. The van der Waals surface area contributed by atoms with Gasteiger partial charge in [0.15, 0.2) is 0 Å². The molecule has 0 saturated carbocycles. The zero-order valence-electron chi connectivity index (χ0n) is 8.57. The van der Waals surface area contributed by atoms with Gasteiger partial charge in [-0.3, -0.25) is 0 Å². The molecule has 0 fully saturated rings. The quantitative estimate of drug-likeness (QED) is 0.634. The van der Waals surface area contributed by atoms with Gasteiger partial charge in [0, 0.05) is 13.2 Å². The summed E-state index contributed by atoms with van der Waals surface area (Å²) in [7, 11) is 1.89. The van der Waals surface area contributed by atoms with E-state index >= 15 is 0 Å². The lowest BCUT2D eigenvalue weighted by Crippen LogP contribution is -2.13. The van der Waals surface area contributed by atoms with Gasteiger partial charge in [0.1, 0.15) is 0 Å². The summed E-state index contributed by atoms with van der Waals surface area (Å²) in [4.78, 5) is 0. The van der Waals surface area contributed by atoms with E-state index < -0.39 is 0 Å². The molecule has 0 atom stereocenters. The number of hydrogen-bond donors (Lipinski definition) is 1. The molecule has 0 radical (unpaired) electrons. The molecule has 0 saturated heterocycles. The molecule has 0 aliphatic rings. The van der Waals surface area contributed by atoms with Crippen molar-refractivity contribution in [2.45, 2.75) is 20.8 Å². The van der Waals surface area contributed by atoms with Crippen LogP contribution in [0, 0.1) is 5.41 Å². The number of hydrogen-bond acceptors (Lipinski definition) is 1. The fourth-order valence-corrected chi connectivity index (χ4v) is 1.05. The van der Waals surface area contributed by atoms with Crippen LogP contribution in [0.3, 0.4) is 0 Å². The molecule has 0 aromatic carbocycles. The van der Waals surface area contributed by atoms with Gasteiger partial charge in [0.25, 0.3) is 0 Å². The minimum Gasteiger partial charge on any atom is -0.394 e. The summed E-state index contributed by atoms with van der Waals surface area (Å²) in [5.74, 6) is 0. The fourth-order valence-electron chi connectivity index (χ4n) is 1.05. The summed E-state index contributed by atoms with van der Waals surface area (Å²) in [6.07, 6.45) is 3.76. The second-order valence-corrected chi connectivity index (χ2v) is 3.83. The first-order valence-corrected chi connectivity index (χ1v) is 4.13. The molecular formula is C11H19N. The SMILES string of the molecule is C=CC(=C)/C(=C\NC)C(C)(C)C. The standard InChI is InChI=1S/C11H19N/c1-7-9(2)10(8-12-6)11(3,4)5/h7-8,12H,1-2H2,3-6H3/b10-8+. The van der Waals surface area contributed by atoms with Crippen molar-refractivity contribution in [2.75, 3.05) is 7.05 Å². The van der Waals surface area contributed by atoms with Crippen molar-refractivity contribution < 1.29 is 0 Å². The molecule has 0 spiro atoms. The van der Waals surface area contributed by atoms with E-state index in [-0.39, 0.29) is 5.41 Å². The summed E-state index contributed by atoms with van der Waals surface area (Å²) in [5.41, 5.74) is 2.30. The van der Waals surface area contributed by atoms with Crippen LogP contribution in [0.5, 0.6) is 0 Å². The van der Waals surface area contributed by atoms with Crippen LogP contribution in [-0.2, 0) is 0 Å². The van der Waals surface area contributed by atoms with E-state index in [0.29, 0.717) is 0 Å². The first-order valence-electron chi connectivity index (χ1n) is 4.13. The maximum absolute atomic E-state index is 3.93. The highest BCUT2D eigenvalue weighted by molar-refractivity contribution is 5.39. The molecule has 0 bridgehead atoms. The van der Waals surface area contributed by atoms with Gasteiger partial charge in [-0.05, 0) is 16.6 Å². The van der Waals surface area contributed by atoms with Crippen molar-refractivity contribution in [3.63, 3.8) is 0 Å². The van der Waals surface area contributed by atoms with Gasteiger partial charge in [-0.15, -0.1) is 0 Å². The molecule has 1 N–H and O–H groups in total. The van der Waals surface area contributed by atoms with E-state index in [1.54, 1.807) is 6.08 Å². The van der Waals surface area contributed by atoms with Crippen molar-refractivity contribution in [3.05, 3.63) is 36.6 Å². The second kappa shape index (κ2) is 4.15. The van der Waals surface area contributed by atoms with E-state index in [4.69, 9.17) is 0 Å². The van der Waals surface area contributed by atoms with E-state index in [1.165, 1.54) is 5.57 Å². The Kier molecular flexibility index (Phi) is 3.81. The maximum atomic E-state index is 3.93. The van der Waals surface area contributed by atoms with Crippen LogP contribution in [0.1, 0.15) is 20.8 Å². The molecular weight excluding hydrogens is 146 g/mol. The summed E-state index contributed by atoms with van der Waals surface area (Å²) in [5, 5.41) is 3.02. The molecule has 0 unspecified atom stereocenters. The van der Waals surface area contributed by atoms with E-state index in [1.807, 2.05) is 13.2 Å². The minimum absolute atomic E-state index is 0.119. The van der Waals surface area contributed by atoms with Crippen molar-refractivity contribution in [1.82, 2.24) is 5.32 Å². The van der Waals surface area contributed by atoms with Crippen LogP contribution in [-0.4, -0.2) is 7.05 Å². The maximum Gasteiger partial charge on any atom is 0.00278 e. The first-order chi connectivity index (χ1) is 5.43. The summed E-state index contributed by atoms with van der Waals surface area (Å²) in [6.45, 7) is 14.1. The Bertz CT molecular complexity index is 204. The predicted octanol–water partition coefficient (Wildman–Crippen LogP) is 2.88. The lowest BCUT2D eigenvalue weighted by Gasteiger charge is -2.23. The Balaban J connectivity index is 4.81. The Labute approximate surface area is 75.9 Å². The van der Waals surface area contributed by atoms with Crippen molar-refractivity contribution in [2.24, 2.45) is 5.41 Å². The molecule has 0 rings (SSSR count). The Morgan fingerprint density at radius 3 is 2.08 bits per heavy atom. The first kappa shape index (κ1) is 11.0. The minimum atomic E-state index is 0.119. The van der Waals surface area contributed by atoms with E-state index in [2.05, 4.69) is 39.2 Å². The smallest absolute Gasteiger partial charge is 0.00278 e. The molecule has 0 amide bonds. The highest BCUT2D eigenvalue weighted by Crippen LogP contribution is 2.29. The van der Waals surface area contributed by atoms with Gasteiger partial charge >= 0.3 is 0 Å². The van der Waals surface area contributed by atoms with Gasteiger partial charge in [0.2, 0.25) is 0 Å². The normalized spacial score (nSPS) is 12.5. The largest absolute Gasteiger partial charge is 0.394 e. The van der Waals surface area contributed by atoms with Gasteiger partial charge in [-0.25, -0.2) is 0 Å². The predicted molar refractivity (Wildman–Crippen MR) is 55.9 cm³/mol. The van der Waals surface area contributed by atoms with E-state index in [0.717, 1.165) is 5.57 Å². The average molecular weight is 165 g/mol. The van der Waals surface area contributed by atoms with Crippen LogP contribution in [0.4, 0.5) is 0 Å². The van der Waals surface area contributed by atoms with Gasteiger partial charge in [-0.1, -0.05) is 40.0 Å². The highest BCUT2D eigenvalue weighted by atomic mass is 14.8. The van der Waals surface area contributed by atoms with Crippen LogP contribution < -0.4 is 5.32 Å². The highest BCUT2D eigenvalue weighted by Gasteiger charge is 2.17. The lowest BCUT2D eigenvalue weighted by molar-refractivity contribution is 0.509. The monoisotopic (exact) mass is 165 g/mol.